The smallest absolute Gasteiger partial charge is 0.462 e. The maximum Gasteiger partial charge on any atom is 0.472 e. The van der Waals surface area contributed by atoms with Crippen molar-refractivity contribution in [1.82, 2.24) is 0 Å². The quantitative estimate of drug-likeness (QED) is 0.0211. The molecule has 10 heteroatoms. The van der Waals surface area contributed by atoms with Gasteiger partial charge in [-0.1, -0.05) is 383 Å². The number of allylic oxidation sites excluding steroid dienone is 8. The van der Waals surface area contributed by atoms with Crippen LogP contribution in [0.2, 0.25) is 0 Å². The van der Waals surface area contributed by atoms with Gasteiger partial charge in [-0.15, -0.1) is 0 Å². The maximum absolute atomic E-state index is 12.9. The molecule has 0 bridgehead atoms. The van der Waals surface area contributed by atoms with Gasteiger partial charge in [-0.2, -0.15) is 0 Å². The molecular formula is C84H161NO8P+. The van der Waals surface area contributed by atoms with E-state index in [0.29, 0.717) is 23.9 Å². The molecule has 0 fully saturated rings. The molecule has 554 valence electrons. The van der Waals surface area contributed by atoms with Crippen LogP contribution in [0.15, 0.2) is 48.6 Å². The number of nitrogens with zero attached hydrogens (tertiary/aromatic N) is 1. The predicted molar refractivity (Wildman–Crippen MR) is 409 cm³/mol. The minimum Gasteiger partial charge on any atom is -0.462 e. The highest BCUT2D eigenvalue weighted by molar-refractivity contribution is 7.47. The van der Waals surface area contributed by atoms with E-state index >= 15 is 0 Å². The van der Waals surface area contributed by atoms with Crippen LogP contribution in [0.25, 0.3) is 0 Å². The SMILES string of the molecule is CCCCCCC/C=C\C/C=C\C/C=C\CCCCCCCCCCCCCCCCCCCCC(=O)OC(COC(=O)CCCCCCCCCCCCCCCCCCCCCCCCCCC/C=C\CCCCCCCCCC)COP(=O)(O)OCC[N+](C)(C)C. The van der Waals surface area contributed by atoms with Crippen LogP contribution in [-0.2, 0) is 32.7 Å². The Kier molecular flexibility index (Phi) is 73.6. The first-order valence-corrected chi connectivity index (χ1v) is 42.9. The summed E-state index contributed by atoms with van der Waals surface area (Å²) in [5, 5.41) is 0. The molecule has 0 aromatic rings. The molecule has 2 atom stereocenters. The molecule has 0 aliphatic rings. The minimum absolute atomic E-state index is 0.0343. The van der Waals surface area contributed by atoms with Crippen LogP contribution in [-0.4, -0.2) is 74.9 Å². The molecule has 0 aromatic carbocycles. The van der Waals surface area contributed by atoms with E-state index in [2.05, 4.69) is 62.5 Å². The number of hydrogen-bond donors (Lipinski definition) is 1. The third-order valence-electron chi connectivity index (χ3n) is 18.8. The van der Waals surface area contributed by atoms with Gasteiger partial charge in [-0.05, 0) is 77.0 Å². The molecule has 0 saturated carbocycles. The average molecular weight is 1340 g/mol. The van der Waals surface area contributed by atoms with E-state index in [-0.39, 0.29) is 25.6 Å². The lowest BCUT2D eigenvalue weighted by Gasteiger charge is -2.24. The number of esters is 2. The standard InChI is InChI=1S/C84H160NO8P/c1-6-8-10-12-14-16-18-20-22-24-26-28-30-32-34-36-38-40-41-42-43-45-46-48-50-52-54-56-58-60-62-64-66-68-70-72-74-76-83(86)90-80-82(81-92-94(88,89)91-79-78-85(3,4)5)93-84(87)77-75-73-71-69-67-65-63-61-59-57-55-53-51-49-47-44-39-37-35-33-31-29-27-25-23-21-19-17-15-13-11-9-7-2/h19,21,24-27,31,33,82H,6-18,20,22-23,28-30,32,34-81H2,1-5H3/p+1/b21-19-,26-24-,27-25-,33-31-. The molecule has 0 aromatic heterocycles. The summed E-state index contributed by atoms with van der Waals surface area (Å²) >= 11 is 0. The Morgan fingerprint density at radius 2 is 0.574 bits per heavy atom. The van der Waals surface area contributed by atoms with E-state index in [9.17, 15) is 19.0 Å². The summed E-state index contributed by atoms with van der Waals surface area (Å²) in [5.41, 5.74) is 0. The zero-order valence-corrected chi connectivity index (χ0v) is 64.4. The average Bonchev–Trinajstić information content (AvgIpc) is 1.56. The molecule has 0 aliphatic carbocycles. The third-order valence-corrected chi connectivity index (χ3v) is 19.8. The first-order chi connectivity index (χ1) is 46.0. The van der Waals surface area contributed by atoms with E-state index in [1.807, 2.05) is 21.1 Å². The second-order valence-electron chi connectivity index (χ2n) is 29.5. The van der Waals surface area contributed by atoms with E-state index in [1.54, 1.807) is 0 Å². The van der Waals surface area contributed by atoms with Gasteiger partial charge in [0.25, 0.3) is 0 Å². The Labute approximate surface area is 585 Å². The second kappa shape index (κ2) is 75.2. The van der Waals surface area contributed by atoms with Crippen molar-refractivity contribution in [2.75, 3.05) is 47.5 Å². The number of ether oxygens (including phenoxy) is 2. The number of likely N-dealkylation sites (N-methyl/N-ethyl adjacent to an activating group) is 1. The van der Waals surface area contributed by atoms with Crippen molar-refractivity contribution < 1.29 is 42.1 Å². The molecule has 1 N–H and O–H groups in total. The molecule has 9 nitrogen and oxygen atoms in total. The summed E-state index contributed by atoms with van der Waals surface area (Å²) in [6.45, 7) is 4.50. The van der Waals surface area contributed by atoms with Gasteiger partial charge in [0.2, 0.25) is 0 Å². The van der Waals surface area contributed by atoms with E-state index in [1.165, 1.54) is 347 Å². The second-order valence-corrected chi connectivity index (χ2v) is 31.0. The lowest BCUT2D eigenvalue weighted by Crippen LogP contribution is -2.37. The van der Waals surface area contributed by atoms with E-state index in [4.69, 9.17) is 18.5 Å². The Morgan fingerprint density at radius 1 is 0.330 bits per heavy atom. The highest BCUT2D eigenvalue weighted by Gasteiger charge is 2.27. The largest absolute Gasteiger partial charge is 0.472 e. The van der Waals surface area contributed by atoms with Gasteiger partial charge >= 0.3 is 19.8 Å². The molecular weight excluding hydrogens is 1180 g/mol. The molecule has 0 saturated heterocycles. The van der Waals surface area contributed by atoms with Crippen LogP contribution >= 0.6 is 7.82 Å². The molecule has 0 radical (unpaired) electrons. The molecule has 0 heterocycles. The van der Waals surface area contributed by atoms with E-state index in [0.717, 1.165) is 44.9 Å². The van der Waals surface area contributed by atoms with Crippen molar-refractivity contribution in [2.45, 2.75) is 431 Å². The number of phosphoric acid groups is 1. The van der Waals surface area contributed by atoms with Gasteiger partial charge in [0.1, 0.15) is 19.8 Å². The number of quaternary nitrogens is 1. The fraction of sp³-hybridized carbons (Fsp3) is 0.881. The Morgan fingerprint density at radius 3 is 0.862 bits per heavy atom. The van der Waals surface area contributed by atoms with Gasteiger partial charge in [0.15, 0.2) is 6.10 Å². The summed E-state index contributed by atoms with van der Waals surface area (Å²) in [4.78, 5) is 36.0. The molecule has 0 spiro atoms. The van der Waals surface area contributed by atoms with Crippen molar-refractivity contribution in [3.8, 4) is 0 Å². The predicted octanol–water partition coefficient (Wildman–Crippen LogP) is 27.5. The van der Waals surface area contributed by atoms with Gasteiger partial charge in [-0.3, -0.25) is 18.6 Å². The maximum atomic E-state index is 12.9. The van der Waals surface area contributed by atoms with Crippen LogP contribution in [0.1, 0.15) is 425 Å². The zero-order valence-electron chi connectivity index (χ0n) is 63.5. The minimum atomic E-state index is -4.39. The third kappa shape index (κ3) is 79.0. The first-order valence-electron chi connectivity index (χ1n) is 41.4. The molecule has 2 unspecified atom stereocenters. The topological polar surface area (TPSA) is 108 Å². The van der Waals surface area contributed by atoms with Crippen molar-refractivity contribution in [1.29, 1.82) is 0 Å². The summed E-state index contributed by atoms with van der Waals surface area (Å²) in [7, 11) is 1.50. The lowest BCUT2D eigenvalue weighted by molar-refractivity contribution is -0.870. The number of hydrogen-bond acceptors (Lipinski definition) is 7. The van der Waals surface area contributed by atoms with Crippen molar-refractivity contribution in [2.24, 2.45) is 0 Å². The molecule has 0 rings (SSSR count). The summed E-state index contributed by atoms with van der Waals surface area (Å²) in [6.07, 6.45) is 99.9. The Hall–Kier alpha value is -2.03. The number of rotatable bonds is 78. The van der Waals surface area contributed by atoms with Crippen molar-refractivity contribution in [3.05, 3.63) is 48.6 Å². The van der Waals surface area contributed by atoms with Crippen LogP contribution in [0, 0.1) is 0 Å². The number of carbonyl (C=O) groups is 2. The van der Waals surface area contributed by atoms with Gasteiger partial charge in [0.05, 0.1) is 27.7 Å². The number of carbonyl (C=O) groups excluding carboxylic acids is 2. The van der Waals surface area contributed by atoms with Gasteiger partial charge < -0.3 is 18.9 Å². The fourth-order valence-corrected chi connectivity index (χ4v) is 13.2. The van der Waals surface area contributed by atoms with Gasteiger partial charge in [-0.25, -0.2) is 4.57 Å². The van der Waals surface area contributed by atoms with Crippen LogP contribution < -0.4 is 0 Å². The first kappa shape index (κ1) is 92.0. The number of unbranched alkanes of at least 4 members (excludes halogenated alkanes) is 56. The van der Waals surface area contributed by atoms with Crippen LogP contribution in [0.5, 0.6) is 0 Å². The van der Waals surface area contributed by atoms with Crippen LogP contribution in [0.4, 0.5) is 0 Å². The van der Waals surface area contributed by atoms with E-state index < -0.39 is 26.5 Å². The normalized spacial score (nSPS) is 13.2. The monoisotopic (exact) mass is 1340 g/mol. The highest BCUT2D eigenvalue weighted by atomic mass is 31.2. The Balaban J connectivity index is 3.90. The summed E-state index contributed by atoms with van der Waals surface area (Å²) < 4.78 is 34.9. The van der Waals surface area contributed by atoms with Crippen LogP contribution in [0.3, 0.4) is 0 Å². The van der Waals surface area contributed by atoms with Crippen molar-refractivity contribution >= 4 is 19.8 Å². The number of phosphoric ester groups is 1. The lowest BCUT2D eigenvalue weighted by atomic mass is 10.0. The summed E-state index contributed by atoms with van der Waals surface area (Å²) in [5.74, 6) is -0.773. The highest BCUT2D eigenvalue weighted by Crippen LogP contribution is 2.43. The molecule has 94 heavy (non-hydrogen) atoms. The fourth-order valence-electron chi connectivity index (χ4n) is 12.5. The Bertz CT molecular complexity index is 1720. The zero-order chi connectivity index (χ0) is 68.3. The van der Waals surface area contributed by atoms with Gasteiger partial charge in [0, 0.05) is 12.8 Å². The summed E-state index contributed by atoms with van der Waals surface area (Å²) in [6, 6.07) is 0. The molecule has 0 aliphatic heterocycles. The van der Waals surface area contributed by atoms with Crippen molar-refractivity contribution in [3.63, 3.8) is 0 Å². The molecule has 0 amide bonds.